The summed E-state index contributed by atoms with van der Waals surface area (Å²) < 4.78 is 0.471. The van der Waals surface area contributed by atoms with Crippen molar-refractivity contribution in [2.75, 3.05) is 18.0 Å². The van der Waals surface area contributed by atoms with Crippen molar-refractivity contribution < 1.29 is 4.79 Å². The summed E-state index contributed by atoms with van der Waals surface area (Å²) in [6, 6.07) is 16.3. The number of nitrogens with one attached hydrogen (secondary N) is 1. The van der Waals surface area contributed by atoms with E-state index in [4.69, 9.17) is 0 Å². The molecule has 4 aromatic rings. The number of thiophene rings is 1. The van der Waals surface area contributed by atoms with Gasteiger partial charge in [-0.05, 0) is 30.7 Å². The van der Waals surface area contributed by atoms with E-state index in [-0.39, 0.29) is 17.5 Å². The lowest BCUT2D eigenvalue weighted by Crippen LogP contribution is -2.48. The Bertz CT molecular complexity index is 1330. The summed E-state index contributed by atoms with van der Waals surface area (Å²) in [5.74, 6) is 0.334. The third kappa shape index (κ3) is 2.94. The summed E-state index contributed by atoms with van der Waals surface area (Å²) in [7, 11) is 0. The second kappa shape index (κ2) is 7.02. The maximum atomic E-state index is 13.5. The highest BCUT2D eigenvalue weighted by molar-refractivity contribution is 7.17. The van der Waals surface area contributed by atoms with Gasteiger partial charge in [0.15, 0.2) is 5.82 Å². The second-order valence-electron chi connectivity index (χ2n) is 7.95. The lowest BCUT2D eigenvalue weighted by Gasteiger charge is -2.35. The Balaban J connectivity index is 1.32. The number of pyridine rings is 1. The van der Waals surface area contributed by atoms with Gasteiger partial charge in [0.1, 0.15) is 15.9 Å². The van der Waals surface area contributed by atoms with E-state index in [2.05, 4.69) is 32.0 Å². The van der Waals surface area contributed by atoms with Crippen LogP contribution in [0.4, 0.5) is 5.69 Å². The molecule has 0 aliphatic carbocycles. The smallest absolute Gasteiger partial charge is 0.269 e. The number of aromatic amines is 1. The van der Waals surface area contributed by atoms with Crippen LogP contribution in [0.25, 0.3) is 21.7 Å². The number of hydrogen-bond acceptors (Lipinski definition) is 6. The number of para-hydroxylation sites is 1. The van der Waals surface area contributed by atoms with E-state index in [9.17, 15) is 9.59 Å². The minimum absolute atomic E-state index is 0.0449. The molecule has 2 aliphatic rings. The Kier molecular flexibility index (Phi) is 4.14. The molecule has 2 saturated heterocycles. The zero-order valence-corrected chi connectivity index (χ0v) is 17.4. The summed E-state index contributed by atoms with van der Waals surface area (Å²) in [6.07, 6.45) is 2.62. The monoisotopic (exact) mass is 429 g/mol. The summed E-state index contributed by atoms with van der Waals surface area (Å²) >= 11 is 1.26. The largest absolute Gasteiger partial charge is 0.365 e. The van der Waals surface area contributed by atoms with Gasteiger partial charge in [0.25, 0.3) is 11.5 Å². The van der Waals surface area contributed by atoms with Gasteiger partial charge in [-0.2, -0.15) is 0 Å². The van der Waals surface area contributed by atoms with Gasteiger partial charge in [0.2, 0.25) is 0 Å². The SMILES string of the molecule is O=C(c1csc2c(=O)[nH]c(-c3ccccn3)nc12)N1CC2CC1CN2c1ccccc1. The second-order valence-corrected chi connectivity index (χ2v) is 8.83. The fourth-order valence-corrected chi connectivity index (χ4v) is 5.58. The molecule has 0 saturated carbocycles. The van der Waals surface area contributed by atoms with Crippen molar-refractivity contribution in [3.05, 3.63) is 76.0 Å². The minimum atomic E-state index is -0.243. The van der Waals surface area contributed by atoms with Gasteiger partial charge < -0.3 is 14.8 Å². The Morgan fingerprint density at radius 2 is 1.90 bits per heavy atom. The number of carbonyl (C=O) groups is 1. The Morgan fingerprint density at radius 1 is 1.06 bits per heavy atom. The van der Waals surface area contributed by atoms with Gasteiger partial charge >= 0.3 is 0 Å². The molecule has 2 bridgehead atoms. The van der Waals surface area contributed by atoms with Crippen LogP contribution in [-0.4, -0.2) is 50.9 Å². The van der Waals surface area contributed by atoms with E-state index >= 15 is 0 Å². The molecular weight excluding hydrogens is 410 g/mol. The maximum Gasteiger partial charge on any atom is 0.269 e. The molecule has 3 aromatic heterocycles. The van der Waals surface area contributed by atoms with Crippen LogP contribution >= 0.6 is 11.3 Å². The molecule has 2 atom stereocenters. The number of H-pyrrole nitrogens is 1. The first kappa shape index (κ1) is 18.3. The summed E-state index contributed by atoms with van der Waals surface area (Å²) in [5, 5.41) is 1.76. The number of anilines is 1. The minimum Gasteiger partial charge on any atom is -0.365 e. The number of likely N-dealkylation sites (tertiary alicyclic amines) is 1. The van der Waals surface area contributed by atoms with Crippen LogP contribution in [0.15, 0.2) is 64.9 Å². The number of carbonyl (C=O) groups excluding carboxylic acids is 1. The van der Waals surface area contributed by atoms with Gasteiger partial charge in [-0.1, -0.05) is 24.3 Å². The first-order valence-electron chi connectivity index (χ1n) is 10.2. The quantitative estimate of drug-likeness (QED) is 0.541. The van der Waals surface area contributed by atoms with Crippen LogP contribution in [0.1, 0.15) is 16.8 Å². The molecule has 6 rings (SSSR count). The molecule has 8 heteroatoms. The van der Waals surface area contributed by atoms with E-state index in [1.807, 2.05) is 29.2 Å². The van der Waals surface area contributed by atoms with Crippen LogP contribution in [0.3, 0.4) is 0 Å². The molecule has 0 radical (unpaired) electrons. The van der Waals surface area contributed by atoms with Crippen LogP contribution in [0.5, 0.6) is 0 Å². The lowest BCUT2D eigenvalue weighted by atomic mass is 10.2. The van der Waals surface area contributed by atoms with Crippen molar-refractivity contribution in [1.82, 2.24) is 19.9 Å². The average molecular weight is 430 g/mol. The van der Waals surface area contributed by atoms with E-state index in [1.165, 1.54) is 17.0 Å². The van der Waals surface area contributed by atoms with E-state index in [1.54, 1.807) is 23.7 Å². The number of hydrogen-bond donors (Lipinski definition) is 1. The maximum absolute atomic E-state index is 13.5. The molecule has 2 aliphatic heterocycles. The molecule has 2 fully saturated rings. The standard InChI is InChI=1S/C23H19N5O2S/c29-22-20-19(25-21(26-22)18-8-4-5-9-24-18)17(13-31-20)23(30)28-12-15-10-16(28)11-27(15)14-6-2-1-3-7-14/h1-9,13,15-16H,10-12H2,(H,25,26,29). The lowest BCUT2D eigenvalue weighted by molar-refractivity contribution is 0.0728. The number of piperazine rings is 1. The zero-order chi connectivity index (χ0) is 20.9. The Labute approximate surface area is 182 Å². The highest BCUT2D eigenvalue weighted by Crippen LogP contribution is 2.36. The molecule has 5 heterocycles. The molecule has 154 valence electrons. The van der Waals surface area contributed by atoms with E-state index in [0.717, 1.165) is 13.0 Å². The van der Waals surface area contributed by atoms with Crippen LogP contribution in [0, 0.1) is 0 Å². The fraction of sp³-hybridized carbons (Fsp3) is 0.217. The average Bonchev–Trinajstić information content (AvgIpc) is 3.54. The van der Waals surface area contributed by atoms with Crippen molar-refractivity contribution in [1.29, 1.82) is 0 Å². The number of amides is 1. The molecule has 7 nitrogen and oxygen atoms in total. The van der Waals surface area contributed by atoms with Gasteiger partial charge in [-0.25, -0.2) is 4.98 Å². The number of fused-ring (bicyclic) bond motifs is 3. The molecule has 2 unspecified atom stereocenters. The number of nitrogens with zero attached hydrogens (tertiary/aromatic N) is 4. The van der Waals surface area contributed by atoms with Crippen molar-refractivity contribution in [2.45, 2.75) is 18.5 Å². The normalized spacial score (nSPS) is 20.0. The van der Waals surface area contributed by atoms with E-state index < -0.39 is 0 Å². The Morgan fingerprint density at radius 3 is 2.65 bits per heavy atom. The predicted molar refractivity (Wildman–Crippen MR) is 120 cm³/mol. The van der Waals surface area contributed by atoms with Gasteiger partial charge in [0, 0.05) is 36.4 Å². The molecule has 1 aromatic carbocycles. The van der Waals surface area contributed by atoms with Crippen LogP contribution in [-0.2, 0) is 0 Å². The summed E-state index contributed by atoms with van der Waals surface area (Å²) in [4.78, 5) is 42.1. The molecular formula is C23H19N5O2S. The Hall–Kier alpha value is -3.52. The third-order valence-electron chi connectivity index (χ3n) is 6.15. The topological polar surface area (TPSA) is 82.2 Å². The number of aromatic nitrogens is 3. The van der Waals surface area contributed by atoms with Crippen molar-refractivity contribution >= 4 is 33.1 Å². The van der Waals surface area contributed by atoms with Crippen LogP contribution in [0.2, 0.25) is 0 Å². The summed E-state index contributed by atoms with van der Waals surface area (Å²) in [5.41, 5.74) is 2.50. The number of rotatable bonds is 3. The molecule has 31 heavy (non-hydrogen) atoms. The molecule has 0 spiro atoms. The molecule has 1 amide bonds. The highest BCUT2D eigenvalue weighted by Gasteiger charge is 2.45. The van der Waals surface area contributed by atoms with Gasteiger partial charge in [-0.3, -0.25) is 14.6 Å². The fourth-order valence-electron chi connectivity index (χ4n) is 4.71. The van der Waals surface area contributed by atoms with Crippen molar-refractivity contribution in [2.24, 2.45) is 0 Å². The van der Waals surface area contributed by atoms with E-state index in [0.29, 0.717) is 39.9 Å². The first-order chi connectivity index (χ1) is 15.2. The highest BCUT2D eigenvalue weighted by atomic mass is 32.1. The van der Waals surface area contributed by atoms with Gasteiger partial charge in [0.05, 0.1) is 11.6 Å². The first-order valence-corrected chi connectivity index (χ1v) is 11.1. The summed E-state index contributed by atoms with van der Waals surface area (Å²) in [6.45, 7) is 1.52. The van der Waals surface area contributed by atoms with Crippen LogP contribution < -0.4 is 10.5 Å². The zero-order valence-electron chi connectivity index (χ0n) is 16.6. The number of benzene rings is 1. The van der Waals surface area contributed by atoms with Gasteiger partial charge in [-0.15, -0.1) is 11.3 Å². The van der Waals surface area contributed by atoms with Crippen molar-refractivity contribution in [3.63, 3.8) is 0 Å². The predicted octanol–water partition coefficient (Wildman–Crippen LogP) is 3.15. The third-order valence-corrected chi connectivity index (χ3v) is 7.12. The molecule has 1 N–H and O–H groups in total. The van der Waals surface area contributed by atoms with Crippen molar-refractivity contribution in [3.8, 4) is 11.5 Å².